The maximum absolute atomic E-state index is 5.63. The molecule has 0 unspecified atom stereocenters. The van der Waals surface area contributed by atoms with E-state index in [-0.39, 0.29) is 0 Å². The van der Waals surface area contributed by atoms with Gasteiger partial charge in [0.15, 0.2) is 0 Å². The number of nitrogens with two attached hydrogens (primary N) is 1. The number of rotatable bonds is 3. The molecular formula is C7H11ClN4. The summed E-state index contributed by atoms with van der Waals surface area (Å²) in [4.78, 5) is 9.92. The number of likely N-dealkylation sites (N-methyl/N-ethyl adjacent to an activating group) is 1. The molecule has 0 saturated carbocycles. The highest BCUT2D eigenvalue weighted by Crippen LogP contribution is 2.07. The fraction of sp³-hybridized carbons (Fsp3) is 0.429. The molecule has 66 valence electrons. The van der Waals surface area contributed by atoms with E-state index in [1.165, 1.54) is 0 Å². The molecule has 1 rings (SSSR count). The summed E-state index contributed by atoms with van der Waals surface area (Å²) in [5, 5.41) is 0.542. The van der Waals surface area contributed by atoms with Gasteiger partial charge in [-0.25, -0.2) is 9.97 Å². The van der Waals surface area contributed by atoms with E-state index in [4.69, 9.17) is 17.3 Å². The van der Waals surface area contributed by atoms with E-state index in [1.807, 2.05) is 11.9 Å². The van der Waals surface area contributed by atoms with Gasteiger partial charge in [-0.05, 0) is 0 Å². The normalized spacial score (nSPS) is 9.92. The zero-order valence-electron chi connectivity index (χ0n) is 6.87. The summed E-state index contributed by atoms with van der Waals surface area (Å²) >= 11 is 5.63. The quantitative estimate of drug-likeness (QED) is 0.748. The van der Waals surface area contributed by atoms with Crippen LogP contribution in [0.25, 0.3) is 0 Å². The minimum atomic E-state index is 0.542. The zero-order valence-corrected chi connectivity index (χ0v) is 7.62. The first-order valence-corrected chi connectivity index (χ1v) is 4.00. The molecule has 0 aliphatic carbocycles. The molecule has 2 N–H and O–H groups in total. The van der Waals surface area contributed by atoms with Crippen LogP contribution in [-0.4, -0.2) is 30.1 Å². The van der Waals surface area contributed by atoms with E-state index in [0.29, 0.717) is 17.5 Å². The third-order valence-corrected chi connectivity index (χ3v) is 1.61. The summed E-state index contributed by atoms with van der Waals surface area (Å²) in [6.07, 6.45) is 3.13. The van der Waals surface area contributed by atoms with Gasteiger partial charge in [0.05, 0.1) is 17.4 Å². The van der Waals surface area contributed by atoms with E-state index in [9.17, 15) is 0 Å². The Bertz CT molecular complexity index is 236. The van der Waals surface area contributed by atoms with E-state index >= 15 is 0 Å². The summed E-state index contributed by atoms with van der Waals surface area (Å²) in [7, 11) is 1.89. The second-order valence-corrected chi connectivity index (χ2v) is 2.85. The van der Waals surface area contributed by atoms with Crippen LogP contribution < -0.4 is 10.6 Å². The predicted molar refractivity (Wildman–Crippen MR) is 49.4 cm³/mol. The molecule has 1 aromatic rings. The molecule has 1 heterocycles. The second kappa shape index (κ2) is 4.23. The van der Waals surface area contributed by atoms with Gasteiger partial charge in [-0.15, -0.1) is 0 Å². The number of hydrogen-bond acceptors (Lipinski definition) is 4. The van der Waals surface area contributed by atoms with E-state index in [2.05, 4.69) is 9.97 Å². The van der Waals surface area contributed by atoms with Crippen LogP contribution in [0.3, 0.4) is 0 Å². The summed E-state index contributed by atoms with van der Waals surface area (Å²) in [5.74, 6) is 0.643. The molecule has 0 fully saturated rings. The standard InChI is InChI=1S/C7H11ClN4/c1-12(3-2-9)7-10-4-6(8)5-11-7/h4-5H,2-3,9H2,1H3. The minimum absolute atomic E-state index is 0.542. The lowest BCUT2D eigenvalue weighted by atomic mass is 10.5. The Morgan fingerprint density at radius 3 is 2.58 bits per heavy atom. The molecular weight excluding hydrogens is 176 g/mol. The van der Waals surface area contributed by atoms with Gasteiger partial charge in [0.1, 0.15) is 0 Å². The van der Waals surface area contributed by atoms with E-state index in [1.54, 1.807) is 12.4 Å². The summed E-state index contributed by atoms with van der Waals surface area (Å²) in [6, 6.07) is 0. The first kappa shape index (κ1) is 9.22. The van der Waals surface area contributed by atoms with Crippen molar-refractivity contribution < 1.29 is 0 Å². The monoisotopic (exact) mass is 186 g/mol. The van der Waals surface area contributed by atoms with E-state index in [0.717, 1.165) is 6.54 Å². The first-order chi connectivity index (χ1) is 5.74. The van der Waals surface area contributed by atoms with Crippen molar-refractivity contribution >= 4 is 17.5 Å². The molecule has 0 spiro atoms. The Morgan fingerprint density at radius 1 is 1.50 bits per heavy atom. The van der Waals surface area contributed by atoms with E-state index < -0.39 is 0 Å². The summed E-state index contributed by atoms with van der Waals surface area (Å²) in [6.45, 7) is 1.32. The maximum atomic E-state index is 5.63. The van der Waals surface area contributed by atoms with Crippen LogP contribution in [0.1, 0.15) is 0 Å². The molecule has 0 aliphatic heterocycles. The maximum Gasteiger partial charge on any atom is 0.225 e. The van der Waals surface area contributed by atoms with Gasteiger partial charge in [0, 0.05) is 20.1 Å². The SMILES string of the molecule is CN(CCN)c1ncc(Cl)cn1. The second-order valence-electron chi connectivity index (χ2n) is 2.41. The first-order valence-electron chi connectivity index (χ1n) is 3.63. The Morgan fingerprint density at radius 2 is 2.08 bits per heavy atom. The van der Waals surface area contributed by atoms with Crippen molar-refractivity contribution in [1.82, 2.24) is 9.97 Å². The fourth-order valence-corrected chi connectivity index (χ4v) is 0.894. The van der Waals surface area contributed by atoms with Gasteiger partial charge < -0.3 is 10.6 Å². The lowest BCUT2D eigenvalue weighted by molar-refractivity contribution is 0.846. The topological polar surface area (TPSA) is 55.0 Å². The van der Waals surface area contributed by atoms with Crippen molar-refractivity contribution in [3.8, 4) is 0 Å². The highest BCUT2D eigenvalue weighted by Gasteiger charge is 2.01. The molecule has 0 aliphatic rings. The molecule has 0 atom stereocenters. The zero-order chi connectivity index (χ0) is 8.97. The Labute approximate surface area is 76.4 Å². The smallest absolute Gasteiger partial charge is 0.225 e. The van der Waals surface area contributed by atoms with Gasteiger partial charge in [-0.2, -0.15) is 0 Å². The average molecular weight is 187 g/mol. The fourth-order valence-electron chi connectivity index (χ4n) is 0.796. The predicted octanol–water partition coefficient (Wildman–Crippen LogP) is 0.525. The van der Waals surface area contributed by atoms with Gasteiger partial charge in [-0.1, -0.05) is 11.6 Å². The van der Waals surface area contributed by atoms with Crippen molar-refractivity contribution in [2.45, 2.75) is 0 Å². The Kier molecular flexibility index (Phi) is 3.25. The molecule has 0 bridgehead atoms. The molecule has 12 heavy (non-hydrogen) atoms. The number of anilines is 1. The summed E-state index contributed by atoms with van der Waals surface area (Å²) < 4.78 is 0. The lowest BCUT2D eigenvalue weighted by Crippen LogP contribution is -2.26. The van der Waals surface area contributed by atoms with Crippen LogP contribution in [-0.2, 0) is 0 Å². The van der Waals surface area contributed by atoms with Crippen LogP contribution >= 0.6 is 11.6 Å². The van der Waals surface area contributed by atoms with Gasteiger partial charge in [0.2, 0.25) is 5.95 Å². The van der Waals surface area contributed by atoms with Crippen LogP contribution in [0, 0.1) is 0 Å². The van der Waals surface area contributed by atoms with Crippen LogP contribution in [0.4, 0.5) is 5.95 Å². The summed E-state index contributed by atoms with van der Waals surface area (Å²) in [5.41, 5.74) is 5.37. The molecule has 4 nitrogen and oxygen atoms in total. The lowest BCUT2D eigenvalue weighted by Gasteiger charge is -2.14. The van der Waals surface area contributed by atoms with Crippen molar-refractivity contribution in [2.75, 3.05) is 25.0 Å². The molecule has 0 saturated heterocycles. The molecule has 0 aromatic carbocycles. The number of nitrogens with zero attached hydrogens (tertiary/aromatic N) is 3. The average Bonchev–Trinajstić information content (AvgIpc) is 2.06. The van der Waals surface area contributed by atoms with Gasteiger partial charge in [0.25, 0.3) is 0 Å². The van der Waals surface area contributed by atoms with Crippen LogP contribution in [0.15, 0.2) is 12.4 Å². The third-order valence-electron chi connectivity index (χ3n) is 1.41. The van der Waals surface area contributed by atoms with Crippen molar-refractivity contribution in [3.05, 3.63) is 17.4 Å². The Hall–Kier alpha value is -0.870. The largest absolute Gasteiger partial charge is 0.343 e. The van der Waals surface area contributed by atoms with Gasteiger partial charge in [-0.3, -0.25) is 0 Å². The minimum Gasteiger partial charge on any atom is -0.343 e. The number of halogens is 1. The molecule has 1 aromatic heterocycles. The van der Waals surface area contributed by atoms with Crippen molar-refractivity contribution in [3.63, 3.8) is 0 Å². The molecule has 0 radical (unpaired) electrons. The number of aromatic nitrogens is 2. The number of hydrogen-bond donors (Lipinski definition) is 1. The molecule has 0 amide bonds. The van der Waals surface area contributed by atoms with Crippen LogP contribution in [0.5, 0.6) is 0 Å². The van der Waals surface area contributed by atoms with Crippen molar-refractivity contribution in [2.24, 2.45) is 5.73 Å². The van der Waals surface area contributed by atoms with Crippen LogP contribution in [0.2, 0.25) is 5.02 Å². The highest BCUT2D eigenvalue weighted by molar-refractivity contribution is 6.30. The molecule has 5 heteroatoms. The van der Waals surface area contributed by atoms with Crippen molar-refractivity contribution in [1.29, 1.82) is 0 Å². The highest BCUT2D eigenvalue weighted by atomic mass is 35.5. The third kappa shape index (κ3) is 2.32. The van der Waals surface area contributed by atoms with Gasteiger partial charge >= 0.3 is 0 Å². The Balaban J connectivity index is 2.68.